The summed E-state index contributed by atoms with van der Waals surface area (Å²) >= 11 is 0. The second kappa shape index (κ2) is 4.94. The minimum Gasteiger partial charge on any atom is -0.380 e. The van der Waals surface area contributed by atoms with Crippen molar-refractivity contribution in [3.8, 4) is 0 Å². The van der Waals surface area contributed by atoms with Crippen LogP contribution in [0.4, 0.5) is 0 Å². The van der Waals surface area contributed by atoms with E-state index in [1.807, 2.05) is 6.92 Å². The fraction of sp³-hybridized carbons (Fsp3) is 1.00. The lowest BCUT2D eigenvalue weighted by Crippen LogP contribution is -2.26. The van der Waals surface area contributed by atoms with Gasteiger partial charge in [-0.2, -0.15) is 0 Å². The molecule has 3 unspecified atom stereocenters. The minimum absolute atomic E-state index is 0.224. The Kier molecular flexibility index (Phi) is 4.18. The summed E-state index contributed by atoms with van der Waals surface area (Å²) in [6, 6.07) is 0. The Morgan fingerprint density at radius 1 is 1.75 bits per heavy atom. The number of hydrogen-bond acceptors (Lipinski definition) is 3. The number of nitrogens with two attached hydrogens (primary N) is 1. The molecule has 1 aliphatic rings. The van der Waals surface area contributed by atoms with E-state index in [2.05, 4.69) is 0 Å². The summed E-state index contributed by atoms with van der Waals surface area (Å²) in [5.74, 6) is 0. The second-order valence-electron chi connectivity index (χ2n) is 3.20. The van der Waals surface area contributed by atoms with E-state index in [4.69, 9.17) is 10.5 Å². The monoisotopic (exact) mass is 191 g/mol. The summed E-state index contributed by atoms with van der Waals surface area (Å²) in [5.41, 5.74) is 5.40. The zero-order chi connectivity index (χ0) is 8.97. The molecular weight excluding hydrogens is 174 g/mol. The van der Waals surface area contributed by atoms with E-state index in [0.717, 1.165) is 19.4 Å². The summed E-state index contributed by atoms with van der Waals surface area (Å²) in [7, 11) is -0.745. The maximum absolute atomic E-state index is 11.7. The smallest absolute Gasteiger partial charge is 0.0610 e. The van der Waals surface area contributed by atoms with Gasteiger partial charge in [0.2, 0.25) is 0 Å². The van der Waals surface area contributed by atoms with Crippen molar-refractivity contribution in [2.75, 3.05) is 19.8 Å². The summed E-state index contributed by atoms with van der Waals surface area (Å²) in [5, 5.41) is 0.480. The molecule has 2 N–H and O–H groups in total. The van der Waals surface area contributed by atoms with Gasteiger partial charge in [-0.05, 0) is 19.4 Å². The van der Waals surface area contributed by atoms with Crippen LogP contribution in [0.3, 0.4) is 0 Å². The van der Waals surface area contributed by atoms with E-state index in [-0.39, 0.29) is 10.5 Å². The highest BCUT2D eigenvalue weighted by atomic mass is 32.2. The summed E-state index contributed by atoms with van der Waals surface area (Å²) in [6.45, 7) is 4.06. The Morgan fingerprint density at radius 3 is 3.00 bits per heavy atom. The van der Waals surface area contributed by atoms with Crippen LogP contribution >= 0.6 is 0 Å². The van der Waals surface area contributed by atoms with Gasteiger partial charge in [-0.25, -0.2) is 0 Å². The number of rotatable bonds is 4. The highest BCUT2D eigenvalue weighted by Crippen LogP contribution is 2.15. The van der Waals surface area contributed by atoms with Crippen molar-refractivity contribution in [3.63, 3.8) is 0 Å². The van der Waals surface area contributed by atoms with Gasteiger partial charge in [-0.1, -0.05) is 6.92 Å². The van der Waals surface area contributed by atoms with E-state index >= 15 is 0 Å². The molecule has 4 heteroatoms. The third-order valence-corrected chi connectivity index (χ3v) is 4.24. The van der Waals surface area contributed by atoms with Crippen LogP contribution in [0.2, 0.25) is 0 Å². The van der Waals surface area contributed by atoms with Gasteiger partial charge in [0.25, 0.3) is 0 Å². The van der Waals surface area contributed by atoms with Crippen molar-refractivity contribution >= 4 is 10.8 Å². The lowest BCUT2D eigenvalue weighted by molar-refractivity contribution is 0.198. The highest BCUT2D eigenvalue weighted by Gasteiger charge is 2.25. The van der Waals surface area contributed by atoms with E-state index < -0.39 is 10.8 Å². The molecule has 1 aliphatic heterocycles. The molecule has 0 aromatic carbocycles. The molecule has 3 nitrogen and oxygen atoms in total. The molecule has 1 rings (SSSR count). The van der Waals surface area contributed by atoms with Crippen molar-refractivity contribution in [1.82, 2.24) is 0 Å². The molecule has 1 saturated heterocycles. The predicted octanol–water partition coefficient (Wildman–Crippen LogP) is 0.261. The number of hydrogen-bond donors (Lipinski definition) is 1. The summed E-state index contributed by atoms with van der Waals surface area (Å²) in [6.07, 6.45) is 1.80. The van der Waals surface area contributed by atoms with E-state index in [1.54, 1.807) is 0 Å². The highest BCUT2D eigenvalue weighted by molar-refractivity contribution is 7.86. The van der Waals surface area contributed by atoms with Crippen LogP contribution in [0, 0.1) is 0 Å². The zero-order valence-electron chi connectivity index (χ0n) is 7.49. The fourth-order valence-corrected chi connectivity index (χ4v) is 2.96. The molecule has 0 spiro atoms. The first-order chi connectivity index (χ1) is 5.75. The average Bonchev–Trinajstić information content (AvgIpc) is 2.55. The van der Waals surface area contributed by atoms with Crippen LogP contribution < -0.4 is 5.73 Å². The van der Waals surface area contributed by atoms with Gasteiger partial charge in [-0.15, -0.1) is 0 Å². The van der Waals surface area contributed by atoms with Crippen molar-refractivity contribution < 1.29 is 8.95 Å². The molecule has 0 aliphatic carbocycles. The molecule has 0 saturated carbocycles. The third kappa shape index (κ3) is 2.54. The van der Waals surface area contributed by atoms with Crippen LogP contribution in [0.1, 0.15) is 19.8 Å². The predicted molar refractivity (Wildman–Crippen MR) is 50.5 cm³/mol. The lowest BCUT2D eigenvalue weighted by Gasteiger charge is -2.14. The Bertz CT molecular complexity index is 157. The van der Waals surface area contributed by atoms with Gasteiger partial charge in [0, 0.05) is 22.7 Å². The standard InChI is InChI=1S/C8H17NO2S/c1-7(2-4-9)12(10)8-3-5-11-6-8/h7-8H,2-6,9H2,1H3. The zero-order valence-corrected chi connectivity index (χ0v) is 8.31. The Balaban J connectivity index is 2.34. The topological polar surface area (TPSA) is 52.3 Å². The quantitative estimate of drug-likeness (QED) is 0.693. The molecule has 0 aromatic heterocycles. The van der Waals surface area contributed by atoms with Crippen molar-refractivity contribution in [3.05, 3.63) is 0 Å². The van der Waals surface area contributed by atoms with Gasteiger partial charge < -0.3 is 10.5 Å². The van der Waals surface area contributed by atoms with E-state index in [0.29, 0.717) is 13.2 Å². The molecule has 72 valence electrons. The van der Waals surface area contributed by atoms with Crippen LogP contribution in [-0.2, 0) is 15.5 Å². The van der Waals surface area contributed by atoms with Gasteiger partial charge in [0.05, 0.1) is 11.9 Å². The first-order valence-electron chi connectivity index (χ1n) is 4.43. The first-order valence-corrected chi connectivity index (χ1v) is 5.70. The van der Waals surface area contributed by atoms with Crippen LogP contribution in [0.15, 0.2) is 0 Å². The van der Waals surface area contributed by atoms with Crippen molar-refractivity contribution in [2.45, 2.75) is 30.3 Å². The Hall–Kier alpha value is 0.0700. The Labute approximate surface area is 76.1 Å². The molecule has 0 amide bonds. The molecule has 12 heavy (non-hydrogen) atoms. The average molecular weight is 191 g/mol. The van der Waals surface area contributed by atoms with Crippen molar-refractivity contribution in [1.29, 1.82) is 0 Å². The largest absolute Gasteiger partial charge is 0.380 e. The molecule has 0 aromatic rings. The number of ether oxygens (including phenoxy) is 1. The van der Waals surface area contributed by atoms with Crippen molar-refractivity contribution in [2.24, 2.45) is 5.73 Å². The first kappa shape index (κ1) is 10.2. The molecule has 3 atom stereocenters. The van der Waals surface area contributed by atoms with Crippen LogP contribution in [0.25, 0.3) is 0 Å². The third-order valence-electron chi connectivity index (χ3n) is 2.19. The van der Waals surface area contributed by atoms with Crippen LogP contribution in [0.5, 0.6) is 0 Å². The van der Waals surface area contributed by atoms with Gasteiger partial charge in [0.1, 0.15) is 0 Å². The van der Waals surface area contributed by atoms with Gasteiger partial charge >= 0.3 is 0 Å². The Morgan fingerprint density at radius 2 is 2.50 bits per heavy atom. The molecule has 1 fully saturated rings. The van der Waals surface area contributed by atoms with Gasteiger partial charge in [-0.3, -0.25) is 4.21 Å². The normalized spacial score (nSPS) is 28.7. The minimum atomic E-state index is -0.745. The lowest BCUT2D eigenvalue weighted by atomic mass is 10.3. The second-order valence-corrected chi connectivity index (χ2v) is 5.33. The summed E-state index contributed by atoms with van der Waals surface area (Å²) in [4.78, 5) is 0. The molecular formula is C8H17NO2S. The fourth-order valence-electron chi connectivity index (χ4n) is 1.38. The van der Waals surface area contributed by atoms with E-state index in [1.165, 1.54) is 0 Å². The van der Waals surface area contributed by atoms with Crippen LogP contribution in [-0.4, -0.2) is 34.5 Å². The molecule has 0 bridgehead atoms. The summed E-state index contributed by atoms with van der Waals surface area (Å²) < 4.78 is 16.9. The maximum Gasteiger partial charge on any atom is 0.0610 e. The molecule has 1 heterocycles. The van der Waals surface area contributed by atoms with E-state index in [9.17, 15) is 4.21 Å². The SMILES string of the molecule is CC(CCN)S(=O)C1CCOC1. The molecule has 0 radical (unpaired) electrons. The maximum atomic E-state index is 11.7. The van der Waals surface area contributed by atoms with Gasteiger partial charge in [0.15, 0.2) is 0 Å².